The highest BCUT2D eigenvalue weighted by Gasteiger charge is 2.29. The minimum Gasteiger partial charge on any atom is -0.381 e. The van der Waals surface area contributed by atoms with Gasteiger partial charge < -0.3 is 14.5 Å². The van der Waals surface area contributed by atoms with Crippen LogP contribution in [-0.4, -0.2) is 61.1 Å². The van der Waals surface area contributed by atoms with Crippen molar-refractivity contribution < 1.29 is 13.9 Å². The van der Waals surface area contributed by atoms with Crippen molar-refractivity contribution in [1.29, 1.82) is 0 Å². The second-order valence-corrected chi connectivity index (χ2v) is 7.17. The molecular weight excluding hydrogens is 319 g/mol. The second-order valence-electron chi connectivity index (χ2n) is 7.17. The summed E-state index contributed by atoms with van der Waals surface area (Å²) in [4.78, 5) is 16.9. The SMILES string of the molecule is COC1CCN(C2CCN(C(=O)CCc3ccccc3F)CC2)CC1. The molecule has 3 rings (SSSR count). The molecule has 5 heteroatoms. The van der Waals surface area contributed by atoms with Gasteiger partial charge in [0.05, 0.1) is 6.10 Å². The van der Waals surface area contributed by atoms with E-state index in [1.54, 1.807) is 19.2 Å². The number of amides is 1. The topological polar surface area (TPSA) is 32.8 Å². The summed E-state index contributed by atoms with van der Waals surface area (Å²) < 4.78 is 19.1. The van der Waals surface area contributed by atoms with Gasteiger partial charge in [0.25, 0.3) is 0 Å². The van der Waals surface area contributed by atoms with Gasteiger partial charge in [-0.05, 0) is 43.7 Å². The standard InChI is InChI=1S/C20H29FN2O2/c1-25-18-10-14-22(15-11-18)17-8-12-23(13-9-17)20(24)7-6-16-4-2-3-5-19(16)21/h2-5,17-18H,6-15H2,1H3. The summed E-state index contributed by atoms with van der Waals surface area (Å²) in [5.74, 6) is -0.0618. The van der Waals surface area contributed by atoms with Gasteiger partial charge in [-0.15, -0.1) is 0 Å². The number of ether oxygens (including phenoxy) is 1. The van der Waals surface area contributed by atoms with Gasteiger partial charge in [0.2, 0.25) is 5.91 Å². The Morgan fingerprint density at radius 3 is 2.44 bits per heavy atom. The number of rotatable bonds is 5. The Morgan fingerprint density at radius 1 is 1.12 bits per heavy atom. The average molecular weight is 348 g/mol. The summed E-state index contributed by atoms with van der Waals surface area (Å²) in [6.45, 7) is 3.85. The number of carbonyl (C=O) groups excluding carboxylic acids is 1. The largest absolute Gasteiger partial charge is 0.381 e. The van der Waals surface area contributed by atoms with E-state index in [4.69, 9.17) is 4.74 Å². The quantitative estimate of drug-likeness (QED) is 0.820. The molecule has 25 heavy (non-hydrogen) atoms. The van der Waals surface area contributed by atoms with E-state index in [2.05, 4.69) is 4.90 Å². The molecule has 2 fully saturated rings. The molecule has 0 N–H and O–H groups in total. The summed E-state index contributed by atoms with van der Waals surface area (Å²) >= 11 is 0. The number of hydrogen-bond acceptors (Lipinski definition) is 3. The zero-order chi connectivity index (χ0) is 17.6. The van der Waals surface area contributed by atoms with Crippen LogP contribution in [0.5, 0.6) is 0 Å². The van der Waals surface area contributed by atoms with Gasteiger partial charge in [-0.3, -0.25) is 4.79 Å². The van der Waals surface area contributed by atoms with Crippen molar-refractivity contribution in [2.45, 2.75) is 50.7 Å². The zero-order valence-corrected chi connectivity index (χ0v) is 15.1. The van der Waals surface area contributed by atoms with Crippen LogP contribution in [0.15, 0.2) is 24.3 Å². The van der Waals surface area contributed by atoms with Gasteiger partial charge in [0.15, 0.2) is 0 Å². The van der Waals surface area contributed by atoms with Crippen LogP contribution < -0.4 is 0 Å². The number of carbonyl (C=O) groups is 1. The van der Waals surface area contributed by atoms with Gasteiger partial charge in [0.1, 0.15) is 5.82 Å². The molecule has 1 aromatic rings. The third-order valence-electron chi connectivity index (χ3n) is 5.71. The fourth-order valence-corrected chi connectivity index (χ4v) is 4.06. The van der Waals surface area contributed by atoms with Crippen molar-refractivity contribution in [3.63, 3.8) is 0 Å². The molecule has 0 saturated carbocycles. The molecule has 0 radical (unpaired) electrons. The number of piperidine rings is 2. The van der Waals surface area contributed by atoms with Crippen LogP contribution in [0.4, 0.5) is 4.39 Å². The lowest BCUT2D eigenvalue weighted by atomic mass is 9.98. The lowest BCUT2D eigenvalue weighted by Gasteiger charge is -2.41. The van der Waals surface area contributed by atoms with Crippen LogP contribution in [0.25, 0.3) is 0 Å². The lowest BCUT2D eigenvalue weighted by Crippen LogP contribution is -2.49. The first-order valence-corrected chi connectivity index (χ1v) is 9.45. The number of nitrogens with zero attached hydrogens (tertiary/aromatic N) is 2. The van der Waals surface area contributed by atoms with Gasteiger partial charge in [-0.25, -0.2) is 4.39 Å². The highest BCUT2D eigenvalue weighted by Crippen LogP contribution is 2.22. The molecule has 2 saturated heterocycles. The van der Waals surface area contributed by atoms with E-state index in [0.29, 0.717) is 30.6 Å². The summed E-state index contributed by atoms with van der Waals surface area (Å²) in [6.07, 6.45) is 5.60. The molecule has 1 aromatic carbocycles. The van der Waals surface area contributed by atoms with E-state index in [0.717, 1.165) is 51.9 Å². The Hall–Kier alpha value is -1.46. The average Bonchev–Trinajstić information content (AvgIpc) is 2.67. The Kier molecular flexibility index (Phi) is 6.43. The predicted octanol–water partition coefficient (Wildman–Crippen LogP) is 2.86. The number of aryl methyl sites for hydroxylation is 1. The highest BCUT2D eigenvalue weighted by atomic mass is 19.1. The van der Waals surface area contributed by atoms with Gasteiger partial charge in [0, 0.05) is 45.8 Å². The first-order chi connectivity index (χ1) is 12.2. The van der Waals surface area contributed by atoms with E-state index in [1.807, 2.05) is 11.0 Å². The molecule has 0 atom stereocenters. The molecule has 138 valence electrons. The van der Waals surface area contributed by atoms with Crippen LogP contribution in [0.1, 0.15) is 37.7 Å². The Bertz CT molecular complexity index is 565. The van der Waals surface area contributed by atoms with Crippen LogP contribution in [0, 0.1) is 5.82 Å². The maximum atomic E-state index is 13.7. The smallest absolute Gasteiger partial charge is 0.222 e. The summed E-state index contributed by atoms with van der Waals surface area (Å²) in [5, 5.41) is 0. The molecule has 0 aromatic heterocycles. The normalized spacial score (nSPS) is 20.8. The number of benzene rings is 1. The van der Waals surface area contributed by atoms with E-state index in [9.17, 15) is 9.18 Å². The number of hydrogen-bond donors (Lipinski definition) is 0. The van der Waals surface area contributed by atoms with Crippen molar-refractivity contribution in [3.05, 3.63) is 35.6 Å². The van der Waals surface area contributed by atoms with Crippen molar-refractivity contribution in [2.24, 2.45) is 0 Å². The van der Waals surface area contributed by atoms with Crippen LogP contribution in [-0.2, 0) is 16.0 Å². The number of methoxy groups -OCH3 is 1. The minimum absolute atomic E-state index is 0.153. The van der Waals surface area contributed by atoms with Crippen molar-refractivity contribution in [2.75, 3.05) is 33.3 Å². The third kappa shape index (κ3) is 4.79. The van der Waals surface area contributed by atoms with Crippen molar-refractivity contribution in [1.82, 2.24) is 9.80 Å². The van der Waals surface area contributed by atoms with E-state index < -0.39 is 0 Å². The summed E-state index contributed by atoms with van der Waals surface area (Å²) in [5.41, 5.74) is 0.631. The molecule has 1 amide bonds. The molecule has 0 spiro atoms. The van der Waals surface area contributed by atoms with Crippen molar-refractivity contribution in [3.8, 4) is 0 Å². The number of likely N-dealkylation sites (tertiary alicyclic amines) is 2. The minimum atomic E-state index is -0.214. The van der Waals surface area contributed by atoms with E-state index in [1.165, 1.54) is 6.07 Å². The van der Waals surface area contributed by atoms with Crippen LogP contribution in [0.3, 0.4) is 0 Å². The first-order valence-electron chi connectivity index (χ1n) is 9.45. The van der Waals surface area contributed by atoms with Crippen LogP contribution in [0.2, 0.25) is 0 Å². The fourth-order valence-electron chi connectivity index (χ4n) is 4.06. The molecule has 0 unspecified atom stereocenters. The van der Waals surface area contributed by atoms with Crippen LogP contribution >= 0.6 is 0 Å². The Balaban J connectivity index is 1.41. The van der Waals surface area contributed by atoms with E-state index in [-0.39, 0.29) is 11.7 Å². The highest BCUT2D eigenvalue weighted by molar-refractivity contribution is 5.76. The van der Waals surface area contributed by atoms with Gasteiger partial charge in [-0.1, -0.05) is 18.2 Å². The Morgan fingerprint density at radius 2 is 1.80 bits per heavy atom. The monoisotopic (exact) mass is 348 g/mol. The third-order valence-corrected chi connectivity index (χ3v) is 5.71. The molecule has 0 aliphatic carbocycles. The molecule has 0 bridgehead atoms. The predicted molar refractivity (Wildman–Crippen MR) is 95.9 cm³/mol. The van der Waals surface area contributed by atoms with Gasteiger partial charge >= 0.3 is 0 Å². The maximum absolute atomic E-state index is 13.7. The number of halogens is 1. The van der Waals surface area contributed by atoms with Crippen molar-refractivity contribution >= 4 is 5.91 Å². The summed E-state index contributed by atoms with van der Waals surface area (Å²) in [7, 11) is 1.80. The Labute approximate surface area is 149 Å². The maximum Gasteiger partial charge on any atom is 0.222 e. The molecule has 2 aliphatic heterocycles. The van der Waals surface area contributed by atoms with E-state index >= 15 is 0 Å². The zero-order valence-electron chi connectivity index (χ0n) is 15.1. The molecule has 2 aliphatic rings. The lowest BCUT2D eigenvalue weighted by molar-refractivity contribution is -0.132. The molecule has 4 nitrogen and oxygen atoms in total. The molecular formula is C20H29FN2O2. The summed E-state index contributed by atoms with van der Waals surface area (Å²) in [6, 6.07) is 7.31. The second kappa shape index (κ2) is 8.77. The van der Waals surface area contributed by atoms with Gasteiger partial charge in [-0.2, -0.15) is 0 Å². The molecule has 2 heterocycles. The fraction of sp³-hybridized carbons (Fsp3) is 0.650. The first kappa shape index (κ1) is 18.3.